The van der Waals surface area contributed by atoms with Crippen LogP contribution in [-0.4, -0.2) is 42.4 Å². The SMILES string of the molecule is COC(=O)c1cc(Br)cnc1N1CCC(CC2CCCCCC2)C(O)C1. The second-order valence-electron chi connectivity index (χ2n) is 7.67. The number of hydrogen-bond acceptors (Lipinski definition) is 5. The standard InChI is InChI=1S/C20H29BrN2O3/c1-26-20(25)17-11-16(21)12-22-19(17)23-9-8-15(18(24)13-23)10-14-6-4-2-3-5-7-14/h11-12,14-15,18,24H,2-10,13H2,1H3. The molecule has 2 atom stereocenters. The number of pyridine rings is 1. The van der Waals surface area contributed by atoms with Crippen LogP contribution in [0.1, 0.15) is 61.7 Å². The summed E-state index contributed by atoms with van der Waals surface area (Å²) in [7, 11) is 1.38. The Hall–Kier alpha value is -1.14. The van der Waals surface area contributed by atoms with Gasteiger partial charge in [-0.15, -0.1) is 0 Å². The lowest BCUT2D eigenvalue weighted by molar-refractivity contribution is 0.0596. The zero-order chi connectivity index (χ0) is 18.5. The number of carbonyl (C=O) groups excluding carboxylic acids is 1. The number of aliphatic hydroxyl groups is 1. The van der Waals surface area contributed by atoms with E-state index < -0.39 is 5.97 Å². The molecule has 0 aromatic carbocycles. The third-order valence-corrected chi connectivity index (χ3v) is 6.30. The van der Waals surface area contributed by atoms with E-state index in [2.05, 4.69) is 20.9 Å². The zero-order valence-corrected chi connectivity index (χ0v) is 17.1. The molecule has 0 amide bonds. The maximum Gasteiger partial charge on any atom is 0.341 e. The summed E-state index contributed by atoms with van der Waals surface area (Å²) in [4.78, 5) is 18.5. The molecule has 0 spiro atoms. The Morgan fingerprint density at radius 2 is 2.04 bits per heavy atom. The molecule has 1 aliphatic heterocycles. The van der Waals surface area contributed by atoms with Crippen molar-refractivity contribution in [2.75, 3.05) is 25.1 Å². The molecule has 26 heavy (non-hydrogen) atoms. The Labute approximate surface area is 164 Å². The van der Waals surface area contributed by atoms with Crippen molar-refractivity contribution in [3.8, 4) is 0 Å². The first-order valence-electron chi connectivity index (χ1n) is 9.75. The average Bonchev–Trinajstić information content (AvgIpc) is 2.91. The number of halogens is 1. The molecule has 3 rings (SSSR count). The van der Waals surface area contributed by atoms with Crippen LogP contribution >= 0.6 is 15.9 Å². The number of piperidine rings is 1. The predicted molar refractivity (Wildman–Crippen MR) is 105 cm³/mol. The maximum atomic E-state index is 12.1. The monoisotopic (exact) mass is 424 g/mol. The van der Waals surface area contributed by atoms with Gasteiger partial charge >= 0.3 is 5.97 Å². The molecule has 1 saturated carbocycles. The van der Waals surface area contributed by atoms with Gasteiger partial charge in [0, 0.05) is 23.8 Å². The van der Waals surface area contributed by atoms with E-state index in [9.17, 15) is 9.90 Å². The summed E-state index contributed by atoms with van der Waals surface area (Å²) in [6.45, 7) is 1.34. The molecule has 144 valence electrons. The fraction of sp³-hybridized carbons (Fsp3) is 0.700. The molecule has 1 aromatic rings. The summed E-state index contributed by atoms with van der Waals surface area (Å²) < 4.78 is 5.64. The molecule has 0 radical (unpaired) electrons. The number of ether oxygens (including phenoxy) is 1. The minimum Gasteiger partial charge on any atom is -0.465 e. The van der Waals surface area contributed by atoms with Crippen molar-refractivity contribution in [3.63, 3.8) is 0 Å². The van der Waals surface area contributed by atoms with Crippen molar-refractivity contribution >= 4 is 27.7 Å². The summed E-state index contributed by atoms with van der Waals surface area (Å²) in [6, 6.07) is 1.73. The molecule has 2 fully saturated rings. The largest absolute Gasteiger partial charge is 0.465 e. The highest BCUT2D eigenvalue weighted by Gasteiger charge is 2.32. The molecule has 2 unspecified atom stereocenters. The fourth-order valence-electron chi connectivity index (χ4n) is 4.42. The van der Waals surface area contributed by atoms with Gasteiger partial charge in [0.05, 0.1) is 13.2 Å². The first-order chi connectivity index (χ1) is 12.6. The Bertz CT molecular complexity index is 617. The van der Waals surface area contributed by atoms with Crippen molar-refractivity contribution in [2.45, 2.75) is 57.5 Å². The number of hydrogen-bond donors (Lipinski definition) is 1. The Morgan fingerprint density at radius 1 is 1.31 bits per heavy atom. The van der Waals surface area contributed by atoms with Gasteiger partial charge in [0.15, 0.2) is 0 Å². The van der Waals surface area contributed by atoms with Gasteiger partial charge in [0.2, 0.25) is 0 Å². The number of β-amino-alcohol motifs (C(OH)–C–C–N with tert-alkyl or cyclic N) is 1. The summed E-state index contributed by atoms with van der Waals surface area (Å²) in [6.07, 6.45) is 11.4. The van der Waals surface area contributed by atoms with Gasteiger partial charge in [-0.05, 0) is 46.7 Å². The van der Waals surface area contributed by atoms with Gasteiger partial charge in [0.1, 0.15) is 11.4 Å². The van der Waals surface area contributed by atoms with E-state index in [1.54, 1.807) is 12.3 Å². The summed E-state index contributed by atoms with van der Waals surface area (Å²) in [5.74, 6) is 1.32. The highest BCUT2D eigenvalue weighted by Crippen LogP contribution is 2.34. The van der Waals surface area contributed by atoms with Crippen LogP contribution in [-0.2, 0) is 4.74 Å². The molecule has 1 N–H and O–H groups in total. The molecule has 1 aromatic heterocycles. The Kier molecular flexibility index (Phi) is 6.92. The van der Waals surface area contributed by atoms with Crippen molar-refractivity contribution in [1.29, 1.82) is 0 Å². The van der Waals surface area contributed by atoms with E-state index in [4.69, 9.17) is 4.74 Å². The minimum absolute atomic E-state index is 0.353. The number of aromatic nitrogens is 1. The van der Waals surface area contributed by atoms with E-state index in [1.165, 1.54) is 45.6 Å². The van der Waals surface area contributed by atoms with E-state index in [-0.39, 0.29) is 6.10 Å². The van der Waals surface area contributed by atoms with Crippen molar-refractivity contribution in [1.82, 2.24) is 4.98 Å². The molecule has 1 aliphatic carbocycles. The molecular formula is C20H29BrN2O3. The van der Waals surface area contributed by atoms with E-state index in [0.717, 1.165) is 29.8 Å². The van der Waals surface area contributed by atoms with Crippen molar-refractivity contribution in [2.24, 2.45) is 11.8 Å². The summed E-state index contributed by atoms with van der Waals surface area (Å²) in [5.41, 5.74) is 0.441. The Balaban J connectivity index is 1.66. The fourth-order valence-corrected chi connectivity index (χ4v) is 4.75. The lowest BCUT2D eigenvalue weighted by Gasteiger charge is -2.38. The van der Waals surface area contributed by atoms with E-state index in [0.29, 0.717) is 23.8 Å². The summed E-state index contributed by atoms with van der Waals surface area (Å²) in [5, 5.41) is 10.7. The van der Waals surface area contributed by atoms with Crippen LogP contribution in [0.15, 0.2) is 16.7 Å². The van der Waals surface area contributed by atoms with Crippen LogP contribution < -0.4 is 4.90 Å². The first kappa shape index (κ1) is 19.6. The number of carbonyl (C=O) groups is 1. The molecule has 2 heterocycles. The maximum absolute atomic E-state index is 12.1. The van der Waals surface area contributed by atoms with Crippen LogP contribution in [0.2, 0.25) is 0 Å². The number of esters is 1. The lowest BCUT2D eigenvalue weighted by atomic mass is 9.82. The van der Waals surface area contributed by atoms with Crippen LogP contribution in [0, 0.1) is 11.8 Å². The number of nitrogens with zero attached hydrogens (tertiary/aromatic N) is 2. The quantitative estimate of drug-likeness (QED) is 0.579. The minimum atomic E-state index is -0.399. The molecular weight excluding hydrogens is 396 g/mol. The van der Waals surface area contributed by atoms with Crippen molar-refractivity contribution in [3.05, 3.63) is 22.3 Å². The van der Waals surface area contributed by atoms with Gasteiger partial charge in [0.25, 0.3) is 0 Å². The van der Waals surface area contributed by atoms with E-state index in [1.807, 2.05) is 4.90 Å². The molecule has 6 heteroatoms. The second-order valence-corrected chi connectivity index (χ2v) is 8.59. The van der Waals surface area contributed by atoms with Crippen LogP contribution in [0.4, 0.5) is 5.82 Å². The number of anilines is 1. The lowest BCUT2D eigenvalue weighted by Crippen LogP contribution is -2.45. The van der Waals surface area contributed by atoms with Crippen LogP contribution in [0.25, 0.3) is 0 Å². The van der Waals surface area contributed by atoms with Gasteiger partial charge in [-0.1, -0.05) is 38.5 Å². The zero-order valence-electron chi connectivity index (χ0n) is 15.5. The second kappa shape index (κ2) is 9.18. The average molecular weight is 425 g/mol. The topological polar surface area (TPSA) is 62.7 Å². The highest BCUT2D eigenvalue weighted by atomic mass is 79.9. The molecule has 5 nitrogen and oxygen atoms in total. The molecule has 2 aliphatic rings. The normalized spacial score (nSPS) is 25.0. The Morgan fingerprint density at radius 3 is 2.69 bits per heavy atom. The predicted octanol–water partition coefficient (Wildman–Crippen LogP) is 4.18. The molecule has 1 saturated heterocycles. The third kappa shape index (κ3) is 4.77. The smallest absolute Gasteiger partial charge is 0.341 e. The van der Waals surface area contributed by atoms with Gasteiger partial charge in [-0.2, -0.15) is 0 Å². The highest BCUT2D eigenvalue weighted by molar-refractivity contribution is 9.10. The summed E-state index contributed by atoms with van der Waals surface area (Å²) >= 11 is 3.36. The number of methoxy groups -OCH3 is 1. The van der Waals surface area contributed by atoms with Crippen LogP contribution in [0.5, 0.6) is 0 Å². The van der Waals surface area contributed by atoms with Crippen molar-refractivity contribution < 1.29 is 14.6 Å². The molecule has 0 bridgehead atoms. The third-order valence-electron chi connectivity index (χ3n) is 5.87. The van der Waals surface area contributed by atoms with Gasteiger partial charge < -0.3 is 14.7 Å². The van der Waals surface area contributed by atoms with E-state index >= 15 is 0 Å². The van der Waals surface area contributed by atoms with Crippen LogP contribution in [0.3, 0.4) is 0 Å². The van der Waals surface area contributed by atoms with Gasteiger partial charge in [-0.3, -0.25) is 0 Å². The first-order valence-corrected chi connectivity index (χ1v) is 10.5. The number of aliphatic hydroxyl groups excluding tert-OH is 1. The van der Waals surface area contributed by atoms with Gasteiger partial charge in [-0.25, -0.2) is 9.78 Å². The number of rotatable bonds is 4.